The molecule has 0 bridgehead atoms. The van der Waals surface area contributed by atoms with Crippen LogP contribution in [0.25, 0.3) is 0 Å². The summed E-state index contributed by atoms with van der Waals surface area (Å²) in [7, 11) is -1.87. The number of nitrogens with one attached hydrogen (secondary N) is 2. The third-order valence-corrected chi connectivity index (χ3v) is 4.74. The van der Waals surface area contributed by atoms with Crippen molar-refractivity contribution in [3.05, 3.63) is 58.9 Å². The number of halogens is 1. The largest absolute Gasteiger partial charge is 0.316 e. The summed E-state index contributed by atoms with van der Waals surface area (Å²) in [5, 5.41) is 3.18. The van der Waals surface area contributed by atoms with Gasteiger partial charge in [-0.15, -0.1) is 0 Å². The Morgan fingerprint density at radius 3 is 2.67 bits per heavy atom. The van der Waals surface area contributed by atoms with E-state index < -0.39 is 10.0 Å². The van der Waals surface area contributed by atoms with Gasteiger partial charge in [0.1, 0.15) is 4.90 Å². The molecule has 0 unspecified atom stereocenters. The molecule has 21 heavy (non-hydrogen) atoms. The second-order valence-corrected chi connectivity index (χ2v) is 6.62. The number of sulfonamides is 1. The molecule has 2 aromatic rings. The Hall–Kier alpha value is -1.47. The molecule has 0 aliphatic heterocycles. The molecule has 7 heteroatoms. The van der Waals surface area contributed by atoms with Crippen LogP contribution in [0.3, 0.4) is 0 Å². The molecule has 0 saturated heterocycles. The molecular formula is C14H16ClN3O2S. The van der Waals surface area contributed by atoms with Gasteiger partial charge < -0.3 is 5.32 Å². The highest BCUT2D eigenvalue weighted by atomic mass is 35.5. The van der Waals surface area contributed by atoms with Crippen molar-refractivity contribution < 1.29 is 8.42 Å². The topological polar surface area (TPSA) is 71.1 Å². The van der Waals surface area contributed by atoms with E-state index in [1.54, 1.807) is 49.8 Å². The maximum atomic E-state index is 12.3. The number of nitrogens with zero attached hydrogens (tertiary/aromatic N) is 1. The van der Waals surface area contributed by atoms with E-state index >= 15 is 0 Å². The zero-order valence-corrected chi connectivity index (χ0v) is 13.1. The van der Waals surface area contributed by atoms with Gasteiger partial charge in [0.05, 0.1) is 5.02 Å². The Bertz CT molecular complexity index is 705. The zero-order chi connectivity index (χ0) is 15.3. The predicted molar refractivity (Wildman–Crippen MR) is 82.5 cm³/mol. The average Bonchev–Trinajstić information content (AvgIpc) is 2.48. The van der Waals surface area contributed by atoms with E-state index in [2.05, 4.69) is 15.0 Å². The lowest BCUT2D eigenvalue weighted by Crippen LogP contribution is -2.24. The smallest absolute Gasteiger partial charge is 0.242 e. The maximum Gasteiger partial charge on any atom is 0.242 e. The van der Waals surface area contributed by atoms with Gasteiger partial charge in [-0.3, -0.25) is 4.98 Å². The minimum absolute atomic E-state index is 0.0841. The molecule has 0 fully saturated rings. The summed E-state index contributed by atoms with van der Waals surface area (Å²) in [6.45, 7) is 0.741. The normalized spacial score (nSPS) is 11.5. The molecule has 0 saturated carbocycles. The summed E-state index contributed by atoms with van der Waals surface area (Å²) in [5.74, 6) is 0. The highest BCUT2D eigenvalue weighted by Crippen LogP contribution is 2.22. The lowest BCUT2D eigenvalue weighted by Gasteiger charge is -2.10. The van der Waals surface area contributed by atoms with Gasteiger partial charge in [-0.2, -0.15) is 0 Å². The molecule has 112 valence electrons. The fourth-order valence-electron chi connectivity index (χ4n) is 1.83. The van der Waals surface area contributed by atoms with Crippen LogP contribution in [0, 0.1) is 0 Å². The second-order valence-electron chi connectivity index (χ2n) is 4.48. The van der Waals surface area contributed by atoms with Gasteiger partial charge in [-0.05, 0) is 36.4 Å². The van der Waals surface area contributed by atoms with Crippen LogP contribution in [0.15, 0.2) is 47.6 Å². The van der Waals surface area contributed by atoms with Gasteiger partial charge >= 0.3 is 0 Å². The summed E-state index contributed by atoms with van der Waals surface area (Å²) in [6, 6.07) is 8.51. The van der Waals surface area contributed by atoms with Crippen molar-refractivity contribution in [2.75, 3.05) is 7.05 Å². The summed E-state index contributed by atoms with van der Waals surface area (Å²) in [5.41, 5.74) is 1.63. The Balaban J connectivity index is 2.21. The first-order valence-electron chi connectivity index (χ1n) is 6.34. The van der Waals surface area contributed by atoms with Gasteiger partial charge in [0.2, 0.25) is 10.0 Å². The van der Waals surface area contributed by atoms with Gasteiger partial charge in [0, 0.05) is 25.5 Å². The van der Waals surface area contributed by atoms with Crippen molar-refractivity contribution in [1.29, 1.82) is 0 Å². The molecule has 0 spiro atoms. The molecule has 2 N–H and O–H groups in total. The SMILES string of the molecule is CNCc1ccc(Cl)c(S(=O)(=O)NCc2cccnc2)c1. The van der Waals surface area contributed by atoms with E-state index in [0.717, 1.165) is 11.1 Å². The van der Waals surface area contributed by atoms with Crippen LogP contribution in [0.2, 0.25) is 5.02 Å². The Labute approximate surface area is 129 Å². The predicted octanol–water partition coefficient (Wildman–Crippen LogP) is 1.93. The fraction of sp³-hybridized carbons (Fsp3) is 0.214. The standard InChI is InChI=1S/C14H16ClN3O2S/c1-16-8-11-4-5-13(15)14(7-11)21(19,20)18-10-12-3-2-6-17-9-12/h2-7,9,16,18H,8,10H2,1H3. The van der Waals surface area contributed by atoms with Gasteiger partial charge in [-0.1, -0.05) is 23.7 Å². The molecule has 0 amide bonds. The van der Waals surface area contributed by atoms with Gasteiger partial charge in [0.25, 0.3) is 0 Å². The van der Waals surface area contributed by atoms with Crippen LogP contribution >= 0.6 is 11.6 Å². The number of aromatic nitrogens is 1. The molecule has 0 aliphatic rings. The molecule has 0 radical (unpaired) electrons. The van der Waals surface area contributed by atoms with Crippen molar-refractivity contribution in [3.8, 4) is 0 Å². The number of benzene rings is 1. The minimum atomic E-state index is -3.67. The molecule has 0 atom stereocenters. The fourth-order valence-corrected chi connectivity index (χ4v) is 3.39. The Kier molecular flexibility index (Phi) is 5.30. The van der Waals surface area contributed by atoms with Gasteiger partial charge in [0.15, 0.2) is 0 Å². The number of hydrogen-bond acceptors (Lipinski definition) is 4. The average molecular weight is 326 g/mol. The first kappa shape index (κ1) is 15.9. The summed E-state index contributed by atoms with van der Waals surface area (Å²) < 4.78 is 27.2. The molecule has 1 aromatic heterocycles. The highest BCUT2D eigenvalue weighted by Gasteiger charge is 2.18. The van der Waals surface area contributed by atoms with Crippen molar-refractivity contribution in [2.24, 2.45) is 0 Å². The first-order valence-corrected chi connectivity index (χ1v) is 8.20. The molecule has 5 nitrogen and oxygen atoms in total. The summed E-state index contributed by atoms with van der Waals surface area (Å²) in [4.78, 5) is 4.03. The van der Waals surface area contributed by atoms with E-state index in [1.807, 2.05) is 0 Å². The lowest BCUT2D eigenvalue weighted by atomic mass is 10.2. The van der Waals surface area contributed by atoms with Crippen molar-refractivity contribution in [1.82, 2.24) is 15.0 Å². The number of pyridine rings is 1. The van der Waals surface area contributed by atoms with Crippen LogP contribution < -0.4 is 10.0 Å². The summed E-state index contributed by atoms with van der Waals surface area (Å²) >= 11 is 6.01. The van der Waals surface area contributed by atoms with E-state index in [-0.39, 0.29) is 16.5 Å². The minimum Gasteiger partial charge on any atom is -0.316 e. The molecule has 1 heterocycles. The Morgan fingerprint density at radius 2 is 2.00 bits per heavy atom. The number of hydrogen-bond donors (Lipinski definition) is 2. The lowest BCUT2D eigenvalue weighted by molar-refractivity contribution is 0.581. The number of rotatable bonds is 6. The monoisotopic (exact) mass is 325 g/mol. The molecule has 2 rings (SSSR count). The first-order chi connectivity index (χ1) is 10.0. The van der Waals surface area contributed by atoms with Crippen LogP contribution in [0.5, 0.6) is 0 Å². The zero-order valence-electron chi connectivity index (χ0n) is 11.5. The van der Waals surface area contributed by atoms with Crippen molar-refractivity contribution >= 4 is 21.6 Å². The second kappa shape index (κ2) is 7.00. The molecule has 1 aromatic carbocycles. The highest BCUT2D eigenvalue weighted by molar-refractivity contribution is 7.89. The van der Waals surface area contributed by atoms with Crippen LogP contribution in [0.1, 0.15) is 11.1 Å². The third-order valence-electron chi connectivity index (χ3n) is 2.86. The van der Waals surface area contributed by atoms with E-state index in [1.165, 1.54) is 0 Å². The van der Waals surface area contributed by atoms with Crippen LogP contribution in [-0.2, 0) is 23.1 Å². The summed E-state index contributed by atoms with van der Waals surface area (Å²) in [6.07, 6.45) is 3.25. The van der Waals surface area contributed by atoms with Crippen molar-refractivity contribution in [2.45, 2.75) is 18.0 Å². The Morgan fingerprint density at radius 1 is 1.19 bits per heavy atom. The van der Waals surface area contributed by atoms with E-state index in [0.29, 0.717) is 6.54 Å². The van der Waals surface area contributed by atoms with Crippen LogP contribution in [-0.4, -0.2) is 20.4 Å². The van der Waals surface area contributed by atoms with Crippen LogP contribution in [0.4, 0.5) is 0 Å². The van der Waals surface area contributed by atoms with Crippen molar-refractivity contribution in [3.63, 3.8) is 0 Å². The van der Waals surface area contributed by atoms with E-state index in [9.17, 15) is 8.42 Å². The third kappa shape index (κ3) is 4.25. The molecule has 0 aliphatic carbocycles. The van der Waals surface area contributed by atoms with Gasteiger partial charge in [-0.25, -0.2) is 13.1 Å². The quantitative estimate of drug-likeness (QED) is 0.851. The maximum absolute atomic E-state index is 12.3. The van der Waals surface area contributed by atoms with E-state index in [4.69, 9.17) is 11.6 Å². The molecular weight excluding hydrogens is 310 g/mol.